The number of nitrogens with one attached hydrogen (secondary N) is 5. The number of carbonyl (C=O) groups excluding carboxylic acids is 3. The van der Waals surface area contributed by atoms with E-state index in [2.05, 4.69) is 55.9 Å². The Labute approximate surface area is 257 Å². The van der Waals surface area contributed by atoms with E-state index in [0.29, 0.717) is 70.1 Å². The van der Waals surface area contributed by atoms with Gasteiger partial charge in [-0.15, -0.1) is 0 Å². The van der Waals surface area contributed by atoms with Crippen LogP contribution >= 0.6 is 0 Å². The number of ether oxygens (including phenoxy) is 1. The highest BCUT2D eigenvalue weighted by molar-refractivity contribution is 6.48. The summed E-state index contributed by atoms with van der Waals surface area (Å²) in [6.07, 6.45) is 6.22. The van der Waals surface area contributed by atoms with E-state index in [-0.39, 0.29) is 46.8 Å². The second-order valence-electron chi connectivity index (χ2n) is 13.6. The molecule has 0 aromatic rings. The molecular weight excluding hydrogens is 551 g/mol. The highest BCUT2D eigenvalue weighted by Crippen LogP contribution is 2.65. The van der Waals surface area contributed by atoms with E-state index in [1.165, 1.54) is 0 Å². The molecule has 0 radical (unpaired) electrons. The molecule has 4 aliphatic rings. The molecule has 3 aliphatic carbocycles. The van der Waals surface area contributed by atoms with Crippen molar-refractivity contribution in [3.05, 3.63) is 0 Å². The van der Waals surface area contributed by atoms with Crippen LogP contribution in [0.3, 0.4) is 0 Å². The van der Waals surface area contributed by atoms with E-state index in [4.69, 9.17) is 25.2 Å². The summed E-state index contributed by atoms with van der Waals surface area (Å²) in [7, 11) is -0.556. The fourth-order valence-corrected chi connectivity index (χ4v) is 7.11. The van der Waals surface area contributed by atoms with Crippen LogP contribution in [0.5, 0.6) is 0 Å². The molecule has 13 heteroatoms. The van der Waals surface area contributed by atoms with Crippen molar-refractivity contribution in [2.24, 2.45) is 28.9 Å². The Morgan fingerprint density at radius 2 is 1.77 bits per heavy atom. The lowest BCUT2D eigenvalue weighted by molar-refractivity contribution is -0.199. The largest absolute Gasteiger partial charge is 0.481 e. The smallest absolute Gasteiger partial charge is 0.466 e. The Morgan fingerprint density at radius 1 is 1.05 bits per heavy atom. The van der Waals surface area contributed by atoms with Crippen molar-refractivity contribution in [3.63, 3.8) is 0 Å². The van der Waals surface area contributed by atoms with Crippen molar-refractivity contribution >= 4 is 31.0 Å². The van der Waals surface area contributed by atoms with Gasteiger partial charge in [0, 0.05) is 19.5 Å². The molecule has 0 spiro atoms. The Bertz CT molecular complexity index is 983. The zero-order chi connectivity index (χ0) is 31.8. The van der Waals surface area contributed by atoms with Crippen LogP contribution in [-0.4, -0.2) is 74.4 Å². The van der Waals surface area contributed by atoms with Crippen LogP contribution in [0.15, 0.2) is 0 Å². The molecule has 3 saturated carbocycles. The normalized spacial score (nSPS) is 26.5. The van der Waals surface area contributed by atoms with Gasteiger partial charge in [0.15, 0.2) is 5.96 Å². The lowest BCUT2D eigenvalue weighted by Crippen LogP contribution is -2.65. The average Bonchev–Trinajstić information content (AvgIpc) is 3.28. The van der Waals surface area contributed by atoms with Gasteiger partial charge in [-0.25, -0.2) is 4.79 Å². The molecule has 43 heavy (non-hydrogen) atoms. The Hall–Kier alpha value is -2.54. The first-order valence-electron chi connectivity index (χ1n) is 16.2. The van der Waals surface area contributed by atoms with E-state index in [1.54, 1.807) is 6.92 Å². The zero-order valence-electron chi connectivity index (χ0n) is 27.1. The van der Waals surface area contributed by atoms with E-state index < -0.39 is 19.2 Å². The van der Waals surface area contributed by atoms with Gasteiger partial charge in [0.25, 0.3) is 0 Å². The Balaban J connectivity index is 1.57. The molecule has 7 N–H and O–H groups in total. The second kappa shape index (κ2) is 15.5. The predicted octanol–water partition coefficient (Wildman–Crippen LogP) is 2.84. The second-order valence-corrected chi connectivity index (χ2v) is 13.6. The third kappa shape index (κ3) is 9.23. The van der Waals surface area contributed by atoms with Gasteiger partial charge in [-0.3, -0.25) is 15.0 Å². The minimum Gasteiger partial charge on any atom is -0.466 e. The van der Waals surface area contributed by atoms with Gasteiger partial charge in [0.1, 0.15) is 6.04 Å². The molecule has 4 fully saturated rings. The Morgan fingerprint density at radius 3 is 2.42 bits per heavy atom. The van der Waals surface area contributed by atoms with Crippen molar-refractivity contribution in [3.8, 4) is 0 Å². The average molecular weight is 607 g/mol. The molecule has 244 valence electrons. The molecule has 12 nitrogen and oxygen atoms in total. The molecule has 3 amide bonds. The maximum Gasteiger partial charge on any atom is 0.481 e. The number of hydrogen-bond donors (Lipinski definition) is 6. The molecule has 4 rings (SSSR count). The number of amides is 3. The summed E-state index contributed by atoms with van der Waals surface area (Å²) in [5.74, 6) is 0.325. The molecule has 0 unspecified atom stereocenters. The van der Waals surface area contributed by atoms with Crippen molar-refractivity contribution < 1.29 is 28.4 Å². The first-order chi connectivity index (χ1) is 20.3. The number of carbonyl (C=O) groups is 3. The van der Waals surface area contributed by atoms with Gasteiger partial charge in [-0.05, 0) is 82.0 Å². The minimum atomic E-state index is -0.793. The van der Waals surface area contributed by atoms with Crippen LogP contribution in [-0.2, 0) is 23.6 Å². The summed E-state index contributed by atoms with van der Waals surface area (Å²) in [6.45, 7) is 14.0. The highest BCUT2D eigenvalue weighted by atomic mass is 16.7. The third-order valence-electron chi connectivity index (χ3n) is 9.61. The van der Waals surface area contributed by atoms with E-state index >= 15 is 0 Å². The van der Waals surface area contributed by atoms with Gasteiger partial charge >= 0.3 is 19.1 Å². The quantitative estimate of drug-likeness (QED) is 0.0481. The van der Waals surface area contributed by atoms with Gasteiger partial charge in [0.2, 0.25) is 5.91 Å². The van der Waals surface area contributed by atoms with Crippen molar-refractivity contribution in [1.29, 1.82) is 5.41 Å². The molecule has 2 bridgehead atoms. The van der Waals surface area contributed by atoms with Crippen LogP contribution in [0.2, 0.25) is 0 Å². The number of rotatable bonds is 17. The highest BCUT2D eigenvalue weighted by Gasteiger charge is 2.68. The summed E-state index contributed by atoms with van der Waals surface area (Å²) < 4.78 is 18.1. The summed E-state index contributed by atoms with van der Waals surface area (Å²) in [4.78, 5) is 37.9. The summed E-state index contributed by atoms with van der Waals surface area (Å²) in [5, 5.41) is 18.9. The monoisotopic (exact) mass is 606 g/mol. The van der Waals surface area contributed by atoms with Gasteiger partial charge in [0.05, 0.1) is 24.3 Å². The lowest BCUT2D eigenvalue weighted by Gasteiger charge is -2.64. The molecule has 0 aromatic heterocycles. The third-order valence-corrected chi connectivity index (χ3v) is 9.61. The standard InChI is InChI=1S/C30H55BN6O6/c1-7-41-25(38)13-9-8-10-14-35-28(40)36-21(12-11-15-34-27(32)33)26(39)37-24(16-19(2)3)31-42-23-18-20-17-22(29(20,4)5)30(23,6)43-31/h19-24H,7-18H2,1-6H3,(H,37,39)(H4,32,33,34)(H2,35,36,40)/t20-,21-,22-,23+,24-,30-/m0/s1. The molecule has 1 aliphatic heterocycles. The molecule has 6 atom stereocenters. The van der Waals surface area contributed by atoms with Gasteiger partial charge < -0.3 is 41.0 Å². The first kappa shape index (κ1) is 34.9. The SMILES string of the molecule is CCOC(=O)CCCCCNC(=O)N[C@@H](CCCNC(=N)N)C(=O)N[C@@H](CC(C)C)B1O[C@@H]2C[C@@H]3C[C@@H](C3(C)C)[C@]2(C)O1. The fraction of sp³-hybridized carbons (Fsp3) is 0.867. The van der Waals surface area contributed by atoms with Crippen molar-refractivity contribution in [2.45, 2.75) is 123 Å². The maximum absolute atomic E-state index is 13.7. The zero-order valence-corrected chi connectivity index (χ0v) is 27.1. The van der Waals surface area contributed by atoms with Gasteiger partial charge in [-0.2, -0.15) is 0 Å². The number of urea groups is 1. The maximum atomic E-state index is 13.7. The Kier molecular flexibility index (Phi) is 12.6. The van der Waals surface area contributed by atoms with Crippen molar-refractivity contribution in [2.75, 3.05) is 19.7 Å². The van der Waals surface area contributed by atoms with Crippen LogP contribution in [0.25, 0.3) is 0 Å². The molecule has 1 saturated heterocycles. The van der Waals surface area contributed by atoms with Crippen LogP contribution in [0, 0.1) is 28.6 Å². The molecular formula is C30H55BN6O6. The van der Waals surface area contributed by atoms with E-state index in [0.717, 1.165) is 19.3 Å². The molecule has 0 aromatic carbocycles. The topological polar surface area (TPSA) is 177 Å². The first-order valence-corrected chi connectivity index (χ1v) is 16.2. The number of hydrogen-bond acceptors (Lipinski definition) is 7. The minimum absolute atomic E-state index is 0.00971. The number of guanidine groups is 1. The number of esters is 1. The van der Waals surface area contributed by atoms with Crippen molar-refractivity contribution in [1.82, 2.24) is 21.3 Å². The van der Waals surface area contributed by atoms with Gasteiger partial charge in [-0.1, -0.05) is 34.1 Å². The van der Waals surface area contributed by atoms with E-state index in [1.807, 2.05) is 0 Å². The predicted molar refractivity (Wildman–Crippen MR) is 166 cm³/mol. The summed E-state index contributed by atoms with van der Waals surface area (Å²) in [5.41, 5.74) is 5.24. The van der Waals surface area contributed by atoms with Crippen LogP contribution < -0.4 is 27.0 Å². The van der Waals surface area contributed by atoms with Crippen LogP contribution in [0.4, 0.5) is 4.79 Å². The number of unbranched alkanes of at least 4 members (excludes halogenated alkanes) is 2. The molecule has 1 heterocycles. The lowest BCUT2D eigenvalue weighted by atomic mass is 9.43. The van der Waals surface area contributed by atoms with Crippen LogP contribution in [0.1, 0.15) is 99.3 Å². The fourth-order valence-electron chi connectivity index (χ4n) is 7.11. The number of nitrogens with two attached hydrogens (primary N) is 1. The summed E-state index contributed by atoms with van der Waals surface area (Å²) in [6, 6.07) is -1.22. The summed E-state index contributed by atoms with van der Waals surface area (Å²) >= 11 is 0. The van der Waals surface area contributed by atoms with E-state index in [9.17, 15) is 14.4 Å².